The Morgan fingerprint density at radius 1 is 1.09 bits per heavy atom. The summed E-state index contributed by atoms with van der Waals surface area (Å²) in [6.45, 7) is 5.51. The quantitative estimate of drug-likeness (QED) is 0.847. The fraction of sp³-hybridized carbons (Fsp3) is 0.375. The van der Waals surface area contributed by atoms with E-state index in [1.54, 1.807) is 31.2 Å². The number of nitrogens with one attached hydrogen (secondary N) is 2. The third kappa shape index (κ3) is 4.64. The normalized spacial score (nSPS) is 12.0. The van der Waals surface area contributed by atoms with Crippen molar-refractivity contribution in [3.8, 4) is 0 Å². The van der Waals surface area contributed by atoms with Gasteiger partial charge in [0.15, 0.2) is 0 Å². The molecule has 0 aliphatic heterocycles. The molecule has 2 rings (SSSR count). The van der Waals surface area contributed by atoms with Crippen LogP contribution in [0.15, 0.2) is 34.7 Å². The van der Waals surface area contributed by atoms with Gasteiger partial charge in [0.1, 0.15) is 6.04 Å². The highest BCUT2D eigenvalue weighted by Crippen LogP contribution is 2.16. The van der Waals surface area contributed by atoms with E-state index in [0.29, 0.717) is 17.3 Å². The minimum atomic E-state index is -0.420. The molecule has 0 aliphatic rings. The average molecular weight is 316 g/mol. The Balaban J connectivity index is 1.83. The summed E-state index contributed by atoms with van der Waals surface area (Å²) in [7, 11) is 0. The van der Waals surface area contributed by atoms with Gasteiger partial charge >= 0.3 is 0 Å². The zero-order chi connectivity index (χ0) is 16.8. The lowest BCUT2D eigenvalue weighted by Gasteiger charge is -2.10. The molecule has 1 aromatic heterocycles. The van der Waals surface area contributed by atoms with Gasteiger partial charge in [-0.3, -0.25) is 9.59 Å². The van der Waals surface area contributed by atoms with Crippen LogP contribution in [0.2, 0.25) is 0 Å². The zero-order valence-electron chi connectivity index (χ0n) is 13.4. The topological polar surface area (TPSA) is 97.1 Å². The SMILES string of the molecule is CC(C)c1nnc(C(C)NC(=O)CNC(=O)c2ccccc2)o1. The van der Waals surface area contributed by atoms with Crippen LogP contribution in [0.3, 0.4) is 0 Å². The molecule has 7 heteroatoms. The Bertz CT molecular complexity index is 667. The molecule has 0 aliphatic carbocycles. The molecule has 1 atom stereocenters. The van der Waals surface area contributed by atoms with Crippen LogP contribution in [0.1, 0.15) is 54.9 Å². The van der Waals surface area contributed by atoms with Crippen molar-refractivity contribution in [2.45, 2.75) is 32.7 Å². The molecule has 0 radical (unpaired) electrons. The van der Waals surface area contributed by atoms with Crippen LogP contribution in [-0.2, 0) is 4.79 Å². The molecule has 2 aromatic rings. The van der Waals surface area contributed by atoms with Gasteiger partial charge in [0.25, 0.3) is 5.91 Å². The van der Waals surface area contributed by atoms with Crippen molar-refractivity contribution in [2.75, 3.05) is 6.54 Å². The molecule has 1 heterocycles. The summed E-state index contributed by atoms with van der Waals surface area (Å²) in [5.74, 6) is 0.374. The summed E-state index contributed by atoms with van der Waals surface area (Å²) in [6, 6.07) is 8.29. The van der Waals surface area contributed by atoms with Crippen molar-refractivity contribution in [3.63, 3.8) is 0 Å². The zero-order valence-corrected chi connectivity index (χ0v) is 13.4. The summed E-state index contributed by atoms with van der Waals surface area (Å²) >= 11 is 0. The lowest BCUT2D eigenvalue weighted by atomic mass is 10.2. The van der Waals surface area contributed by atoms with E-state index < -0.39 is 6.04 Å². The van der Waals surface area contributed by atoms with Crippen LogP contribution >= 0.6 is 0 Å². The van der Waals surface area contributed by atoms with Crippen LogP contribution in [0.4, 0.5) is 0 Å². The van der Waals surface area contributed by atoms with Gasteiger partial charge in [0.05, 0.1) is 6.54 Å². The van der Waals surface area contributed by atoms with E-state index in [-0.39, 0.29) is 24.3 Å². The molecule has 0 bridgehead atoms. The predicted octanol–water partition coefficient (Wildman–Crippen LogP) is 1.80. The number of hydrogen-bond donors (Lipinski definition) is 2. The van der Waals surface area contributed by atoms with E-state index in [9.17, 15) is 9.59 Å². The Labute approximate surface area is 134 Å². The minimum Gasteiger partial charge on any atom is -0.423 e. The fourth-order valence-corrected chi connectivity index (χ4v) is 1.86. The third-order valence-electron chi connectivity index (χ3n) is 3.14. The van der Waals surface area contributed by atoms with E-state index in [2.05, 4.69) is 20.8 Å². The maximum atomic E-state index is 11.9. The van der Waals surface area contributed by atoms with Crippen molar-refractivity contribution < 1.29 is 14.0 Å². The van der Waals surface area contributed by atoms with Crippen molar-refractivity contribution in [1.82, 2.24) is 20.8 Å². The van der Waals surface area contributed by atoms with Crippen LogP contribution in [-0.4, -0.2) is 28.6 Å². The number of carbonyl (C=O) groups is 2. The van der Waals surface area contributed by atoms with Crippen LogP contribution < -0.4 is 10.6 Å². The molecule has 7 nitrogen and oxygen atoms in total. The minimum absolute atomic E-state index is 0.122. The van der Waals surface area contributed by atoms with Crippen molar-refractivity contribution in [2.24, 2.45) is 0 Å². The standard InChI is InChI=1S/C16H20N4O3/c1-10(2)15-19-20-16(23-15)11(3)18-13(21)9-17-14(22)12-7-5-4-6-8-12/h4-8,10-11H,9H2,1-3H3,(H,17,22)(H,18,21). The van der Waals surface area contributed by atoms with Gasteiger partial charge in [-0.1, -0.05) is 32.0 Å². The average Bonchev–Trinajstić information content (AvgIpc) is 3.04. The monoisotopic (exact) mass is 316 g/mol. The molecule has 1 aromatic carbocycles. The first-order valence-electron chi connectivity index (χ1n) is 7.43. The second-order valence-electron chi connectivity index (χ2n) is 5.47. The third-order valence-corrected chi connectivity index (χ3v) is 3.14. The lowest BCUT2D eigenvalue weighted by molar-refractivity contribution is -0.120. The van der Waals surface area contributed by atoms with Crippen LogP contribution in [0, 0.1) is 0 Å². The molecule has 23 heavy (non-hydrogen) atoms. The maximum absolute atomic E-state index is 11.9. The Hall–Kier alpha value is -2.70. The second kappa shape index (κ2) is 7.53. The van der Waals surface area contributed by atoms with E-state index in [4.69, 9.17) is 4.42 Å². The Morgan fingerprint density at radius 2 is 1.74 bits per heavy atom. The van der Waals surface area contributed by atoms with Crippen molar-refractivity contribution in [1.29, 1.82) is 0 Å². The molecular formula is C16H20N4O3. The second-order valence-corrected chi connectivity index (χ2v) is 5.47. The molecule has 1 unspecified atom stereocenters. The van der Waals surface area contributed by atoms with E-state index in [1.165, 1.54) is 0 Å². The highest BCUT2D eigenvalue weighted by molar-refractivity contribution is 5.96. The Morgan fingerprint density at radius 3 is 2.35 bits per heavy atom. The molecule has 0 spiro atoms. The summed E-state index contributed by atoms with van der Waals surface area (Å²) in [5.41, 5.74) is 0.506. The predicted molar refractivity (Wildman–Crippen MR) is 83.7 cm³/mol. The highest BCUT2D eigenvalue weighted by atomic mass is 16.4. The fourth-order valence-electron chi connectivity index (χ4n) is 1.86. The van der Waals surface area contributed by atoms with Gasteiger partial charge in [0.2, 0.25) is 17.7 Å². The first-order chi connectivity index (χ1) is 11.0. The summed E-state index contributed by atoms with van der Waals surface area (Å²) in [6.07, 6.45) is 0. The molecular weight excluding hydrogens is 296 g/mol. The van der Waals surface area contributed by atoms with Gasteiger partial charge in [-0.15, -0.1) is 10.2 Å². The molecule has 0 saturated heterocycles. The molecule has 2 N–H and O–H groups in total. The molecule has 122 valence electrons. The van der Waals surface area contributed by atoms with Gasteiger partial charge in [-0.05, 0) is 19.1 Å². The molecule has 0 fully saturated rings. The van der Waals surface area contributed by atoms with Crippen LogP contribution in [0.25, 0.3) is 0 Å². The van der Waals surface area contributed by atoms with Crippen LogP contribution in [0.5, 0.6) is 0 Å². The molecule has 0 saturated carbocycles. The lowest BCUT2D eigenvalue weighted by Crippen LogP contribution is -2.38. The van der Waals surface area contributed by atoms with Gasteiger partial charge < -0.3 is 15.1 Å². The number of aromatic nitrogens is 2. The summed E-state index contributed by atoms with van der Waals surface area (Å²) < 4.78 is 5.48. The molecule has 2 amide bonds. The van der Waals surface area contributed by atoms with E-state index in [1.807, 2.05) is 19.9 Å². The summed E-state index contributed by atoms with van der Waals surface area (Å²) in [5, 5.41) is 13.1. The maximum Gasteiger partial charge on any atom is 0.251 e. The van der Waals surface area contributed by atoms with Gasteiger partial charge in [-0.2, -0.15) is 0 Å². The number of carbonyl (C=O) groups excluding carboxylic acids is 2. The number of rotatable bonds is 6. The van der Waals surface area contributed by atoms with Crippen molar-refractivity contribution in [3.05, 3.63) is 47.7 Å². The number of amides is 2. The van der Waals surface area contributed by atoms with Gasteiger partial charge in [0, 0.05) is 11.5 Å². The Kier molecular flexibility index (Phi) is 5.46. The van der Waals surface area contributed by atoms with E-state index >= 15 is 0 Å². The number of nitrogens with zero attached hydrogens (tertiary/aromatic N) is 2. The number of hydrogen-bond acceptors (Lipinski definition) is 5. The van der Waals surface area contributed by atoms with E-state index in [0.717, 1.165) is 0 Å². The highest BCUT2D eigenvalue weighted by Gasteiger charge is 2.18. The number of benzene rings is 1. The largest absolute Gasteiger partial charge is 0.423 e. The first-order valence-corrected chi connectivity index (χ1v) is 7.43. The smallest absolute Gasteiger partial charge is 0.251 e. The summed E-state index contributed by atoms with van der Waals surface area (Å²) in [4.78, 5) is 23.7. The van der Waals surface area contributed by atoms with Gasteiger partial charge in [-0.25, -0.2) is 0 Å². The first kappa shape index (κ1) is 16.7. The van der Waals surface area contributed by atoms with Crippen molar-refractivity contribution >= 4 is 11.8 Å².